The Labute approximate surface area is 377 Å². The van der Waals surface area contributed by atoms with E-state index in [2.05, 4.69) is 42.9 Å². The monoisotopic (exact) mass is 913 g/mol. The number of piperazine rings is 1. The molecule has 1 heterocycles. The normalized spacial score (nSPS) is 13.7. The van der Waals surface area contributed by atoms with E-state index in [0.717, 1.165) is 61.4 Å². The molecule has 1 aliphatic heterocycles. The lowest BCUT2D eigenvalue weighted by atomic mass is 9.99. The van der Waals surface area contributed by atoms with Crippen LogP contribution in [0.4, 0.5) is 17.1 Å². The van der Waals surface area contributed by atoms with Crippen LogP contribution in [0.1, 0.15) is 41.6 Å². The summed E-state index contributed by atoms with van der Waals surface area (Å²) in [7, 11) is -2.53. The van der Waals surface area contributed by atoms with Crippen molar-refractivity contribution in [2.75, 3.05) is 62.3 Å². The van der Waals surface area contributed by atoms with Crippen molar-refractivity contribution in [1.29, 1.82) is 0 Å². The van der Waals surface area contributed by atoms with Gasteiger partial charge < -0.3 is 15.1 Å². The number of hydrogen-bond donors (Lipinski definition) is 4. The number of rotatable bonds is 21. The summed E-state index contributed by atoms with van der Waals surface area (Å²) in [6.45, 7) is 5.35. The van der Waals surface area contributed by atoms with Crippen molar-refractivity contribution in [3.63, 3.8) is 0 Å². The number of nitro benzene ring substituents is 1. The van der Waals surface area contributed by atoms with Crippen molar-refractivity contribution in [2.45, 2.75) is 48.1 Å². The molecule has 1 fully saturated rings. The minimum absolute atomic E-state index is 0.131. The maximum absolute atomic E-state index is 13.5. The SMILES string of the molecule is CN(CCCCC(=O)NO)CC[C@H](CSc1ccccc1)Nc1ccc(S(=O)(=O)NC(=O)c2ccc(N3CCN(Cc4ccccc4-c4ccc(Cl)cc4)CC3)cc2)cc1[N+](=O)[O-]. The summed E-state index contributed by atoms with van der Waals surface area (Å²) >= 11 is 7.71. The zero-order valence-electron chi connectivity index (χ0n) is 35.0. The van der Waals surface area contributed by atoms with Crippen molar-refractivity contribution < 1.29 is 28.1 Å². The first-order valence-corrected chi connectivity index (χ1v) is 23.6. The molecule has 0 unspecified atom stereocenters. The first-order valence-electron chi connectivity index (χ1n) is 20.7. The number of hydroxylamine groups is 1. The highest BCUT2D eigenvalue weighted by Gasteiger charge is 2.26. The zero-order valence-corrected chi connectivity index (χ0v) is 37.4. The number of anilines is 2. The lowest BCUT2D eigenvalue weighted by Gasteiger charge is -2.36. The molecule has 0 aromatic heterocycles. The Morgan fingerprint density at radius 1 is 0.889 bits per heavy atom. The molecule has 0 bridgehead atoms. The Morgan fingerprint density at radius 3 is 2.29 bits per heavy atom. The van der Waals surface area contributed by atoms with Gasteiger partial charge in [-0.15, -0.1) is 11.8 Å². The summed E-state index contributed by atoms with van der Waals surface area (Å²) in [5.74, 6) is -0.717. The van der Waals surface area contributed by atoms with Crippen LogP contribution in [0.15, 0.2) is 131 Å². The topological polar surface area (TPSA) is 177 Å². The number of benzene rings is 5. The van der Waals surface area contributed by atoms with Gasteiger partial charge in [-0.2, -0.15) is 0 Å². The van der Waals surface area contributed by atoms with Crippen molar-refractivity contribution in [3.8, 4) is 11.1 Å². The number of nitro groups is 1. The number of amides is 2. The molecule has 6 rings (SSSR count). The molecular weight excluding hydrogens is 862 g/mol. The average Bonchev–Trinajstić information content (AvgIpc) is 3.29. The third-order valence-electron chi connectivity index (χ3n) is 10.9. The summed E-state index contributed by atoms with van der Waals surface area (Å²) in [6.07, 6.45) is 2.18. The summed E-state index contributed by atoms with van der Waals surface area (Å²) < 4.78 is 29.0. The van der Waals surface area contributed by atoms with Crippen molar-refractivity contribution in [3.05, 3.63) is 148 Å². The molecule has 63 heavy (non-hydrogen) atoms. The largest absolute Gasteiger partial charge is 0.376 e. The van der Waals surface area contributed by atoms with E-state index in [1.54, 1.807) is 41.5 Å². The number of thioether (sulfide) groups is 1. The van der Waals surface area contributed by atoms with E-state index >= 15 is 0 Å². The molecule has 4 N–H and O–H groups in total. The Hall–Kier alpha value is -5.49. The molecule has 0 radical (unpaired) electrons. The fourth-order valence-electron chi connectivity index (χ4n) is 7.33. The zero-order chi connectivity index (χ0) is 44.8. The second-order valence-electron chi connectivity index (χ2n) is 15.4. The van der Waals surface area contributed by atoms with Gasteiger partial charge in [-0.25, -0.2) is 18.6 Å². The van der Waals surface area contributed by atoms with Crippen molar-refractivity contribution in [2.24, 2.45) is 0 Å². The van der Waals surface area contributed by atoms with Gasteiger partial charge in [0.25, 0.3) is 21.6 Å². The van der Waals surface area contributed by atoms with Crippen LogP contribution >= 0.6 is 23.4 Å². The van der Waals surface area contributed by atoms with E-state index in [4.69, 9.17) is 16.8 Å². The van der Waals surface area contributed by atoms with E-state index in [1.165, 1.54) is 23.3 Å². The number of nitrogens with zero attached hydrogens (tertiary/aromatic N) is 4. The van der Waals surface area contributed by atoms with E-state index < -0.39 is 37.3 Å². The van der Waals surface area contributed by atoms with Crippen LogP contribution < -0.4 is 20.4 Å². The highest BCUT2D eigenvalue weighted by atomic mass is 35.5. The van der Waals surface area contributed by atoms with Crippen molar-refractivity contribution in [1.82, 2.24) is 20.0 Å². The van der Waals surface area contributed by atoms with E-state index in [-0.39, 0.29) is 23.7 Å². The van der Waals surface area contributed by atoms with Crippen LogP contribution in [0.3, 0.4) is 0 Å². The molecule has 5 aromatic rings. The lowest BCUT2D eigenvalue weighted by molar-refractivity contribution is -0.384. The first kappa shape index (κ1) is 47.0. The molecule has 1 aliphatic rings. The molecule has 14 nitrogen and oxygen atoms in total. The van der Waals surface area contributed by atoms with Crippen molar-refractivity contribution >= 4 is 62.3 Å². The number of nitrogens with one attached hydrogen (secondary N) is 3. The molecule has 0 spiro atoms. The molecule has 0 aliphatic carbocycles. The minimum Gasteiger partial charge on any atom is -0.376 e. The lowest BCUT2D eigenvalue weighted by Crippen LogP contribution is -2.46. The van der Waals surface area contributed by atoms with E-state index in [1.807, 2.05) is 67.7 Å². The van der Waals surface area contributed by atoms with Crippen LogP contribution in [0.5, 0.6) is 0 Å². The van der Waals surface area contributed by atoms with Gasteiger partial charge in [0.05, 0.1) is 9.82 Å². The average molecular weight is 915 g/mol. The second kappa shape index (κ2) is 22.7. The van der Waals surface area contributed by atoms with Gasteiger partial charge in [-0.3, -0.25) is 29.8 Å². The number of hydrogen-bond acceptors (Lipinski definition) is 12. The molecular formula is C46H52ClN7O7S2. The van der Waals surface area contributed by atoms with Gasteiger partial charge in [0.1, 0.15) is 5.69 Å². The highest BCUT2D eigenvalue weighted by molar-refractivity contribution is 7.99. The Morgan fingerprint density at radius 2 is 1.59 bits per heavy atom. The molecule has 2 amide bonds. The second-order valence-corrected chi connectivity index (χ2v) is 18.6. The number of halogens is 1. The smallest absolute Gasteiger partial charge is 0.293 e. The van der Waals surface area contributed by atoms with Gasteiger partial charge in [0.2, 0.25) is 5.91 Å². The predicted molar refractivity (Wildman–Crippen MR) is 249 cm³/mol. The molecule has 0 saturated carbocycles. The number of unbranched alkanes of at least 4 members (excludes halogenated alkanes) is 1. The molecule has 17 heteroatoms. The number of carbonyl (C=O) groups is 2. The van der Waals surface area contributed by atoms with Crippen LogP contribution in [-0.2, 0) is 21.4 Å². The van der Waals surface area contributed by atoms with Crippen LogP contribution in [-0.4, -0.2) is 98.3 Å². The fraction of sp³-hybridized carbons (Fsp3) is 0.304. The standard InChI is InChI=1S/C46H52ClN7O7S2/c1-51(25-8-7-13-45(55)49-57)26-24-38(33-62-40-10-3-2-4-11-40)48-43-23-22-41(31-44(43)54(58)59)63(60,61)50-46(56)35-16-20-39(21-17-35)53-29-27-52(28-30-53)32-36-9-5-6-12-42(36)34-14-18-37(47)19-15-34/h2-6,9-12,14-23,31,38,48,57H,7-8,13,24-30,32-33H2,1H3,(H,49,55)(H,50,56)/t38-/m1/s1. The molecule has 5 aromatic carbocycles. The number of sulfonamides is 1. The molecule has 1 saturated heterocycles. The Bertz CT molecular complexity index is 2420. The van der Waals surface area contributed by atoms with E-state index in [0.29, 0.717) is 36.7 Å². The van der Waals surface area contributed by atoms with Gasteiger partial charge in [-0.1, -0.05) is 66.2 Å². The van der Waals surface area contributed by atoms with Gasteiger partial charge in [0.15, 0.2) is 0 Å². The van der Waals surface area contributed by atoms with Gasteiger partial charge >= 0.3 is 0 Å². The maximum atomic E-state index is 13.5. The summed E-state index contributed by atoms with van der Waals surface area (Å²) in [4.78, 5) is 43.7. The van der Waals surface area contributed by atoms with Crippen LogP contribution in [0, 0.1) is 10.1 Å². The third kappa shape index (κ3) is 13.7. The van der Waals surface area contributed by atoms with Crippen LogP contribution in [0.2, 0.25) is 5.02 Å². The predicted octanol–water partition coefficient (Wildman–Crippen LogP) is 7.93. The number of carbonyl (C=O) groups excluding carboxylic acids is 2. The maximum Gasteiger partial charge on any atom is 0.293 e. The summed E-state index contributed by atoms with van der Waals surface area (Å²) in [5, 5.41) is 25.0. The first-order chi connectivity index (χ1) is 30.4. The van der Waals surface area contributed by atoms with Crippen LogP contribution in [0.25, 0.3) is 11.1 Å². The third-order valence-corrected chi connectivity index (χ3v) is 13.6. The minimum atomic E-state index is -4.48. The van der Waals surface area contributed by atoms with E-state index in [9.17, 15) is 28.1 Å². The molecule has 332 valence electrons. The van der Waals surface area contributed by atoms with Gasteiger partial charge in [-0.05, 0) is 117 Å². The summed E-state index contributed by atoms with van der Waals surface area (Å²) in [5.41, 5.74) is 5.91. The summed E-state index contributed by atoms with van der Waals surface area (Å²) in [6, 6.07) is 36.0. The van der Waals surface area contributed by atoms with Gasteiger partial charge in [0, 0.05) is 78.2 Å². The fourth-order valence-corrected chi connectivity index (χ4v) is 9.44. The highest BCUT2D eigenvalue weighted by Crippen LogP contribution is 2.31. The Balaban J connectivity index is 1.05. The molecule has 1 atom stereocenters. The quantitative estimate of drug-likeness (QED) is 0.0184. The Kier molecular flexibility index (Phi) is 17.0.